The van der Waals surface area contributed by atoms with Crippen molar-refractivity contribution in [2.45, 2.75) is 18.7 Å². The van der Waals surface area contributed by atoms with Crippen molar-refractivity contribution >= 4 is 17.3 Å². The van der Waals surface area contributed by atoms with Gasteiger partial charge in [0.1, 0.15) is 17.2 Å². The van der Waals surface area contributed by atoms with Crippen LogP contribution < -0.4 is 4.74 Å². The van der Waals surface area contributed by atoms with Gasteiger partial charge in [-0.2, -0.15) is 5.10 Å². The van der Waals surface area contributed by atoms with Gasteiger partial charge in [0, 0.05) is 22.6 Å². The Balaban J connectivity index is 1.62. The van der Waals surface area contributed by atoms with Gasteiger partial charge in [-0.25, -0.2) is 5.01 Å². The van der Waals surface area contributed by atoms with Crippen molar-refractivity contribution in [1.29, 1.82) is 0 Å². The van der Waals surface area contributed by atoms with Crippen molar-refractivity contribution in [3.63, 3.8) is 0 Å². The lowest BCUT2D eigenvalue weighted by molar-refractivity contribution is -0.0190. The summed E-state index contributed by atoms with van der Waals surface area (Å²) in [6.07, 6.45) is 2.16. The quantitative estimate of drug-likeness (QED) is 0.639. The number of ether oxygens (including phenoxy) is 1. The zero-order valence-electron chi connectivity index (χ0n) is 13.3. The predicted molar refractivity (Wildman–Crippen MR) is 95.7 cm³/mol. The summed E-state index contributed by atoms with van der Waals surface area (Å²) in [5.41, 5.74) is 3.05. The van der Waals surface area contributed by atoms with Crippen molar-refractivity contribution in [3.8, 4) is 5.75 Å². The number of hydrogen-bond donors (Lipinski definition) is 0. The maximum Gasteiger partial charge on any atom is 0.213 e. The number of furan rings is 1. The molecule has 5 rings (SSSR count). The molecule has 2 atom stereocenters. The van der Waals surface area contributed by atoms with Crippen LogP contribution in [0.5, 0.6) is 5.75 Å². The van der Waals surface area contributed by atoms with Crippen molar-refractivity contribution in [3.05, 3.63) is 88.8 Å². The lowest BCUT2D eigenvalue weighted by atomic mass is 9.97. The fourth-order valence-electron chi connectivity index (χ4n) is 3.49. The normalized spacial score (nSPS) is 21.3. The summed E-state index contributed by atoms with van der Waals surface area (Å²) in [6.45, 7) is 0. The molecule has 4 nitrogen and oxygen atoms in total. The van der Waals surface area contributed by atoms with Gasteiger partial charge >= 0.3 is 0 Å². The minimum atomic E-state index is -0.271. The lowest BCUT2D eigenvalue weighted by Crippen LogP contribution is -2.33. The fraction of sp³-hybridized carbons (Fsp3) is 0.150. The highest BCUT2D eigenvalue weighted by atomic mass is 35.5. The molecule has 0 fully saturated rings. The zero-order chi connectivity index (χ0) is 16.8. The first-order valence-corrected chi connectivity index (χ1v) is 8.58. The van der Waals surface area contributed by atoms with Crippen molar-refractivity contribution in [2.24, 2.45) is 5.10 Å². The van der Waals surface area contributed by atoms with Crippen LogP contribution in [0.2, 0.25) is 5.02 Å². The van der Waals surface area contributed by atoms with E-state index in [9.17, 15) is 0 Å². The number of hydrazone groups is 1. The van der Waals surface area contributed by atoms with Gasteiger partial charge in [-0.15, -0.1) is 0 Å². The summed E-state index contributed by atoms with van der Waals surface area (Å²) < 4.78 is 11.8. The summed E-state index contributed by atoms with van der Waals surface area (Å²) in [5, 5.41) is 7.55. The lowest BCUT2D eigenvalue weighted by Gasteiger charge is -2.38. The van der Waals surface area contributed by atoms with E-state index in [-0.39, 0.29) is 12.3 Å². The Bertz CT molecular complexity index is 938. The third kappa shape index (κ3) is 2.41. The second-order valence-electron chi connectivity index (χ2n) is 6.19. The van der Waals surface area contributed by atoms with E-state index in [1.165, 1.54) is 0 Å². The second-order valence-corrected chi connectivity index (χ2v) is 6.62. The monoisotopic (exact) mass is 350 g/mol. The molecule has 25 heavy (non-hydrogen) atoms. The average Bonchev–Trinajstić information content (AvgIpc) is 3.31. The van der Waals surface area contributed by atoms with Crippen LogP contribution in [0.4, 0.5) is 0 Å². The molecule has 0 aliphatic carbocycles. The minimum Gasteiger partial charge on any atom is -0.464 e. The highest BCUT2D eigenvalue weighted by molar-refractivity contribution is 6.30. The SMILES string of the molecule is Clc1ccc2c(c1)[C@@H]1CC(c3ccco3)=NN1[C@H](c1ccccc1)O2. The largest absolute Gasteiger partial charge is 0.464 e. The minimum absolute atomic E-state index is 0.0766. The maximum atomic E-state index is 6.28. The zero-order valence-corrected chi connectivity index (χ0v) is 14.1. The summed E-state index contributed by atoms with van der Waals surface area (Å²) in [5.74, 6) is 1.65. The van der Waals surface area contributed by atoms with Gasteiger partial charge in [0.05, 0.1) is 12.3 Å². The van der Waals surface area contributed by atoms with E-state index < -0.39 is 0 Å². The molecule has 0 saturated heterocycles. The second kappa shape index (κ2) is 5.67. The van der Waals surface area contributed by atoms with Crippen LogP contribution in [0.1, 0.15) is 35.6 Å². The third-order valence-corrected chi connectivity index (χ3v) is 4.88. The van der Waals surface area contributed by atoms with E-state index in [2.05, 4.69) is 12.1 Å². The third-order valence-electron chi connectivity index (χ3n) is 4.64. The molecular weight excluding hydrogens is 336 g/mol. The molecule has 0 N–H and O–H groups in total. The molecule has 2 aliphatic rings. The van der Waals surface area contributed by atoms with Gasteiger partial charge in [-0.05, 0) is 30.3 Å². The van der Waals surface area contributed by atoms with E-state index >= 15 is 0 Å². The van der Waals surface area contributed by atoms with Gasteiger partial charge in [0.25, 0.3) is 0 Å². The van der Waals surface area contributed by atoms with Crippen molar-refractivity contribution in [2.75, 3.05) is 0 Å². The predicted octanol–water partition coefficient (Wildman–Crippen LogP) is 5.18. The molecule has 124 valence electrons. The highest BCUT2D eigenvalue weighted by Gasteiger charge is 2.41. The molecule has 0 amide bonds. The molecule has 0 saturated carbocycles. The Morgan fingerprint density at radius 2 is 1.92 bits per heavy atom. The van der Waals surface area contributed by atoms with Gasteiger partial charge in [-0.1, -0.05) is 41.9 Å². The maximum absolute atomic E-state index is 6.28. The molecule has 0 bridgehead atoms. The van der Waals surface area contributed by atoms with E-state index in [4.69, 9.17) is 25.9 Å². The van der Waals surface area contributed by atoms with Crippen LogP contribution in [0.3, 0.4) is 0 Å². The van der Waals surface area contributed by atoms with Crippen LogP contribution in [-0.4, -0.2) is 10.7 Å². The van der Waals surface area contributed by atoms with E-state index in [1.54, 1.807) is 6.26 Å². The van der Waals surface area contributed by atoms with E-state index in [1.807, 2.05) is 53.5 Å². The first kappa shape index (κ1) is 14.6. The van der Waals surface area contributed by atoms with Crippen molar-refractivity contribution < 1.29 is 9.15 Å². The van der Waals surface area contributed by atoms with Gasteiger partial charge in [0.2, 0.25) is 6.23 Å². The number of fused-ring (bicyclic) bond motifs is 3. The van der Waals surface area contributed by atoms with E-state index in [0.29, 0.717) is 5.02 Å². The first-order chi connectivity index (χ1) is 12.3. The molecule has 0 radical (unpaired) electrons. The molecule has 2 aromatic carbocycles. The molecule has 0 spiro atoms. The Labute approximate surface area is 150 Å². The van der Waals surface area contributed by atoms with Crippen LogP contribution >= 0.6 is 11.6 Å². The fourth-order valence-corrected chi connectivity index (χ4v) is 3.67. The molecule has 2 aliphatic heterocycles. The van der Waals surface area contributed by atoms with Gasteiger partial charge < -0.3 is 9.15 Å². The number of halogens is 1. The summed E-state index contributed by atoms with van der Waals surface area (Å²) in [7, 11) is 0. The van der Waals surface area contributed by atoms with Crippen LogP contribution in [-0.2, 0) is 0 Å². The molecule has 5 heteroatoms. The van der Waals surface area contributed by atoms with Gasteiger partial charge in [-0.3, -0.25) is 0 Å². The Kier molecular flexibility index (Phi) is 3.31. The van der Waals surface area contributed by atoms with Crippen LogP contribution in [0.25, 0.3) is 0 Å². The Morgan fingerprint density at radius 1 is 1.04 bits per heavy atom. The summed E-state index contributed by atoms with van der Waals surface area (Å²) in [6, 6.07) is 19.8. The number of benzene rings is 2. The number of nitrogens with zero attached hydrogens (tertiary/aromatic N) is 2. The Hall–Kier alpha value is -2.72. The Morgan fingerprint density at radius 3 is 2.72 bits per heavy atom. The molecular formula is C20H15ClN2O2. The van der Waals surface area contributed by atoms with Crippen LogP contribution in [0.15, 0.2) is 76.4 Å². The average molecular weight is 351 g/mol. The molecule has 3 aromatic rings. The molecule has 1 aromatic heterocycles. The van der Waals surface area contributed by atoms with E-state index in [0.717, 1.165) is 34.8 Å². The number of hydrogen-bond acceptors (Lipinski definition) is 4. The standard InChI is InChI=1S/C20H15ClN2O2/c21-14-8-9-18-15(11-14)17-12-16(19-7-4-10-24-19)22-23(17)20(25-18)13-5-2-1-3-6-13/h1-11,17,20H,12H2/t17-,20-/m0/s1. The summed E-state index contributed by atoms with van der Waals surface area (Å²) >= 11 is 6.23. The molecule has 0 unspecified atom stereocenters. The smallest absolute Gasteiger partial charge is 0.213 e. The number of rotatable bonds is 2. The van der Waals surface area contributed by atoms with Crippen molar-refractivity contribution in [1.82, 2.24) is 5.01 Å². The molecule has 3 heterocycles. The van der Waals surface area contributed by atoms with Gasteiger partial charge in [0.15, 0.2) is 0 Å². The topological polar surface area (TPSA) is 38.0 Å². The highest BCUT2D eigenvalue weighted by Crippen LogP contribution is 2.48. The van der Waals surface area contributed by atoms with Crippen LogP contribution in [0, 0.1) is 0 Å². The summed E-state index contributed by atoms with van der Waals surface area (Å²) in [4.78, 5) is 0. The first-order valence-electron chi connectivity index (χ1n) is 8.20.